The fourth-order valence-corrected chi connectivity index (χ4v) is 2.05. The van der Waals surface area contributed by atoms with Crippen molar-refractivity contribution in [2.75, 3.05) is 18.6 Å². The highest BCUT2D eigenvalue weighted by Gasteiger charge is 2.13. The molecular weight excluding hydrogens is 238 g/mol. The zero-order valence-electron chi connectivity index (χ0n) is 10.3. The molecule has 0 radical (unpaired) electrons. The Morgan fingerprint density at radius 2 is 2.29 bits per heavy atom. The van der Waals surface area contributed by atoms with Crippen LogP contribution in [0, 0.1) is 6.92 Å². The normalized spacial score (nSPS) is 10.7. The highest BCUT2D eigenvalue weighted by atomic mass is 32.2. The number of aryl methyl sites for hydroxylation is 1. The minimum Gasteiger partial charge on any atom is -0.475 e. The molecule has 1 heterocycles. The molecule has 0 amide bonds. The van der Waals surface area contributed by atoms with Crippen LogP contribution in [0.2, 0.25) is 0 Å². The smallest absolute Gasteiger partial charge is 0.372 e. The average molecular weight is 257 g/mol. The van der Waals surface area contributed by atoms with Crippen LogP contribution < -0.4 is 5.32 Å². The Labute approximate surface area is 106 Å². The van der Waals surface area contributed by atoms with E-state index in [0.717, 1.165) is 13.0 Å². The summed E-state index contributed by atoms with van der Waals surface area (Å²) in [5.74, 6) is 0.910. The second kappa shape index (κ2) is 7.40. The summed E-state index contributed by atoms with van der Waals surface area (Å²) in [5.41, 5.74) is 0.677. The Bertz CT molecular complexity index is 363. The molecule has 4 nitrogen and oxygen atoms in total. The standard InChI is InChI=1S/C12H19NO3S/c1-9-7-10(16-11(9)12(14)15)8-13-5-3-4-6-17-2/h7,13H,3-6,8H2,1-2H3,(H,14,15). The second-order valence-electron chi connectivity index (χ2n) is 3.91. The van der Waals surface area contributed by atoms with E-state index in [0.29, 0.717) is 17.9 Å². The first-order valence-corrected chi connectivity index (χ1v) is 7.06. The van der Waals surface area contributed by atoms with E-state index in [9.17, 15) is 4.79 Å². The number of unbranched alkanes of at least 4 members (excludes halogenated alkanes) is 1. The van der Waals surface area contributed by atoms with Gasteiger partial charge in [0.05, 0.1) is 6.54 Å². The van der Waals surface area contributed by atoms with Gasteiger partial charge in [-0.2, -0.15) is 11.8 Å². The summed E-state index contributed by atoms with van der Waals surface area (Å²) in [7, 11) is 0. The van der Waals surface area contributed by atoms with Crippen molar-refractivity contribution < 1.29 is 14.3 Å². The number of carboxylic acid groups (broad SMARTS) is 1. The number of aromatic carboxylic acids is 1. The monoisotopic (exact) mass is 257 g/mol. The first-order valence-electron chi connectivity index (χ1n) is 5.67. The van der Waals surface area contributed by atoms with Crippen LogP contribution in [0.4, 0.5) is 0 Å². The molecule has 0 fully saturated rings. The van der Waals surface area contributed by atoms with Crippen LogP contribution >= 0.6 is 11.8 Å². The van der Waals surface area contributed by atoms with E-state index in [4.69, 9.17) is 9.52 Å². The van der Waals surface area contributed by atoms with E-state index in [-0.39, 0.29) is 5.76 Å². The maximum atomic E-state index is 10.8. The van der Waals surface area contributed by atoms with Crippen molar-refractivity contribution in [3.8, 4) is 0 Å². The fraction of sp³-hybridized carbons (Fsp3) is 0.583. The molecule has 5 heteroatoms. The molecule has 0 spiro atoms. The van der Waals surface area contributed by atoms with Crippen molar-refractivity contribution in [2.24, 2.45) is 0 Å². The quantitative estimate of drug-likeness (QED) is 0.701. The lowest BCUT2D eigenvalue weighted by Gasteiger charge is -2.01. The molecule has 0 bridgehead atoms. The highest BCUT2D eigenvalue weighted by molar-refractivity contribution is 7.98. The Hall–Kier alpha value is -0.940. The van der Waals surface area contributed by atoms with Gasteiger partial charge in [-0.15, -0.1) is 0 Å². The number of hydrogen-bond acceptors (Lipinski definition) is 4. The number of carboxylic acids is 1. The molecular formula is C12H19NO3S. The predicted molar refractivity (Wildman–Crippen MR) is 69.7 cm³/mol. The predicted octanol–water partition coefficient (Wildman–Crippen LogP) is 2.52. The maximum Gasteiger partial charge on any atom is 0.372 e. The Morgan fingerprint density at radius 3 is 2.88 bits per heavy atom. The molecule has 0 atom stereocenters. The summed E-state index contributed by atoms with van der Waals surface area (Å²) < 4.78 is 5.24. The fourth-order valence-electron chi connectivity index (χ4n) is 1.56. The lowest BCUT2D eigenvalue weighted by Crippen LogP contribution is -2.14. The number of nitrogens with one attached hydrogen (secondary N) is 1. The summed E-state index contributed by atoms with van der Waals surface area (Å²) >= 11 is 1.85. The number of thioether (sulfide) groups is 1. The van der Waals surface area contributed by atoms with Gasteiger partial charge in [0.15, 0.2) is 0 Å². The van der Waals surface area contributed by atoms with Crippen LogP contribution in [0.3, 0.4) is 0 Å². The third-order valence-electron chi connectivity index (χ3n) is 2.41. The van der Waals surface area contributed by atoms with Gasteiger partial charge >= 0.3 is 5.97 Å². The lowest BCUT2D eigenvalue weighted by molar-refractivity contribution is 0.0659. The van der Waals surface area contributed by atoms with Crippen LogP contribution in [0.25, 0.3) is 0 Å². The van der Waals surface area contributed by atoms with Gasteiger partial charge in [0.1, 0.15) is 5.76 Å². The Balaban J connectivity index is 2.27. The zero-order valence-corrected chi connectivity index (χ0v) is 11.1. The van der Waals surface area contributed by atoms with E-state index in [1.165, 1.54) is 12.2 Å². The summed E-state index contributed by atoms with van der Waals surface area (Å²) in [6.07, 6.45) is 4.44. The summed E-state index contributed by atoms with van der Waals surface area (Å²) in [4.78, 5) is 10.8. The largest absolute Gasteiger partial charge is 0.475 e. The molecule has 0 aliphatic rings. The molecule has 17 heavy (non-hydrogen) atoms. The average Bonchev–Trinajstić information content (AvgIpc) is 2.65. The third kappa shape index (κ3) is 4.83. The van der Waals surface area contributed by atoms with E-state index >= 15 is 0 Å². The van der Waals surface area contributed by atoms with Gasteiger partial charge < -0.3 is 14.8 Å². The molecule has 1 rings (SSSR count). The molecule has 1 aromatic heterocycles. The summed E-state index contributed by atoms with van der Waals surface area (Å²) in [6, 6.07) is 1.78. The number of rotatable bonds is 8. The molecule has 96 valence electrons. The first-order chi connectivity index (χ1) is 8.15. The van der Waals surface area contributed by atoms with Crippen molar-refractivity contribution in [1.82, 2.24) is 5.32 Å². The molecule has 0 saturated heterocycles. The van der Waals surface area contributed by atoms with Crippen LogP contribution in [-0.4, -0.2) is 29.6 Å². The van der Waals surface area contributed by atoms with Crippen LogP contribution in [0.1, 0.15) is 34.7 Å². The summed E-state index contributed by atoms with van der Waals surface area (Å²) in [5, 5.41) is 12.1. The van der Waals surface area contributed by atoms with E-state index in [1.807, 2.05) is 11.8 Å². The van der Waals surface area contributed by atoms with Gasteiger partial charge in [-0.05, 0) is 44.4 Å². The minimum atomic E-state index is -1.01. The van der Waals surface area contributed by atoms with Crippen LogP contribution in [0.15, 0.2) is 10.5 Å². The lowest BCUT2D eigenvalue weighted by atomic mass is 10.2. The third-order valence-corrected chi connectivity index (χ3v) is 3.11. The number of hydrogen-bond donors (Lipinski definition) is 2. The van der Waals surface area contributed by atoms with Gasteiger partial charge in [-0.25, -0.2) is 4.79 Å². The highest BCUT2D eigenvalue weighted by Crippen LogP contribution is 2.14. The van der Waals surface area contributed by atoms with Gasteiger partial charge in [0.2, 0.25) is 5.76 Å². The first kappa shape index (κ1) is 14.1. The molecule has 1 aromatic rings. The second-order valence-corrected chi connectivity index (χ2v) is 4.89. The van der Waals surface area contributed by atoms with Crippen molar-refractivity contribution in [2.45, 2.75) is 26.3 Å². The van der Waals surface area contributed by atoms with Crippen molar-refractivity contribution in [3.63, 3.8) is 0 Å². The van der Waals surface area contributed by atoms with Crippen LogP contribution in [0.5, 0.6) is 0 Å². The maximum absolute atomic E-state index is 10.8. The topological polar surface area (TPSA) is 62.5 Å². The molecule has 0 saturated carbocycles. The Kier molecular flexibility index (Phi) is 6.15. The van der Waals surface area contributed by atoms with Crippen molar-refractivity contribution in [1.29, 1.82) is 0 Å². The van der Waals surface area contributed by atoms with Crippen molar-refractivity contribution >= 4 is 17.7 Å². The van der Waals surface area contributed by atoms with E-state index in [2.05, 4.69) is 11.6 Å². The SMILES string of the molecule is CSCCCCNCc1cc(C)c(C(=O)O)o1. The molecule has 0 aromatic carbocycles. The van der Waals surface area contributed by atoms with Gasteiger partial charge in [0.25, 0.3) is 0 Å². The van der Waals surface area contributed by atoms with Crippen LogP contribution in [-0.2, 0) is 6.54 Å². The minimum absolute atomic E-state index is 0.0455. The number of carbonyl (C=O) groups is 1. The van der Waals surface area contributed by atoms with Gasteiger partial charge in [-0.1, -0.05) is 0 Å². The zero-order chi connectivity index (χ0) is 12.7. The van der Waals surface area contributed by atoms with Gasteiger partial charge in [-0.3, -0.25) is 0 Å². The molecule has 0 unspecified atom stereocenters. The molecule has 0 aliphatic carbocycles. The van der Waals surface area contributed by atoms with Crippen molar-refractivity contribution in [3.05, 3.63) is 23.2 Å². The van der Waals surface area contributed by atoms with E-state index in [1.54, 1.807) is 13.0 Å². The Morgan fingerprint density at radius 1 is 1.53 bits per heavy atom. The van der Waals surface area contributed by atoms with E-state index < -0.39 is 5.97 Å². The number of furan rings is 1. The molecule has 2 N–H and O–H groups in total. The molecule has 0 aliphatic heterocycles. The summed E-state index contributed by atoms with van der Waals surface area (Å²) in [6.45, 7) is 3.27. The van der Waals surface area contributed by atoms with Gasteiger partial charge in [0, 0.05) is 5.56 Å².